The van der Waals surface area contributed by atoms with E-state index < -0.39 is 6.10 Å². The Labute approximate surface area is 115 Å². The number of benzene rings is 1. The predicted molar refractivity (Wildman–Crippen MR) is 76.6 cm³/mol. The minimum atomic E-state index is -0.495. The van der Waals surface area contributed by atoms with Gasteiger partial charge in [-0.05, 0) is 48.9 Å². The molecule has 0 amide bonds. The second-order valence-electron chi connectivity index (χ2n) is 5.15. The molecule has 4 N–H and O–H groups in total. The van der Waals surface area contributed by atoms with Gasteiger partial charge in [0.1, 0.15) is 18.5 Å². The molecule has 19 heavy (non-hydrogen) atoms. The molecule has 0 bridgehead atoms. The summed E-state index contributed by atoms with van der Waals surface area (Å²) in [6.07, 6.45) is 2.95. The number of aliphatic hydroxyl groups is 1. The fourth-order valence-corrected chi connectivity index (χ4v) is 2.60. The topological polar surface area (TPSA) is 67.5 Å². The lowest BCUT2D eigenvalue weighted by Crippen LogP contribution is -2.34. The van der Waals surface area contributed by atoms with Gasteiger partial charge in [-0.2, -0.15) is 0 Å². The molecule has 1 aliphatic rings. The normalized spacial score (nSPS) is 15.3. The van der Waals surface area contributed by atoms with Crippen LogP contribution in [-0.4, -0.2) is 37.5 Å². The SMILES string of the molecule is Cc1ccc(OCC(O)CNCCN)c2c1CCC2. The van der Waals surface area contributed by atoms with Crippen LogP contribution in [0, 0.1) is 6.92 Å². The summed E-state index contributed by atoms with van der Waals surface area (Å²) in [5.41, 5.74) is 9.51. The van der Waals surface area contributed by atoms with Crippen molar-refractivity contribution in [1.29, 1.82) is 0 Å². The maximum Gasteiger partial charge on any atom is 0.122 e. The highest BCUT2D eigenvalue weighted by Crippen LogP contribution is 2.32. The summed E-state index contributed by atoms with van der Waals surface area (Å²) in [7, 11) is 0. The van der Waals surface area contributed by atoms with E-state index in [-0.39, 0.29) is 0 Å². The van der Waals surface area contributed by atoms with Crippen LogP contribution in [0.1, 0.15) is 23.1 Å². The summed E-state index contributed by atoms with van der Waals surface area (Å²) in [5, 5.41) is 12.9. The summed E-state index contributed by atoms with van der Waals surface area (Å²) in [5.74, 6) is 0.941. The summed E-state index contributed by atoms with van der Waals surface area (Å²) in [6, 6.07) is 4.14. The number of hydrogen-bond donors (Lipinski definition) is 3. The fraction of sp³-hybridized carbons (Fsp3) is 0.600. The molecule has 1 atom stereocenters. The number of fused-ring (bicyclic) bond motifs is 1. The molecule has 4 nitrogen and oxygen atoms in total. The van der Waals surface area contributed by atoms with Crippen molar-refractivity contribution in [3.63, 3.8) is 0 Å². The molecule has 0 radical (unpaired) electrons. The fourth-order valence-electron chi connectivity index (χ4n) is 2.60. The van der Waals surface area contributed by atoms with E-state index in [2.05, 4.69) is 18.3 Å². The van der Waals surface area contributed by atoms with Gasteiger partial charge >= 0.3 is 0 Å². The third-order valence-corrected chi connectivity index (χ3v) is 3.61. The van der Waals surface area contributed by atoms with Crippen LogP contribution in [0.2, 0.25) is 0 Å². The minimum Gasteiger partial charge on any atom is -0.491 e. The Balaban J connectivity index is 1.88. The van der Waals surface area contributed by atoms with E-state index in [0.29, 0.717) is 19.7 Å². The molecule has 106 valence electrons. The van der Waals surface area contributed by atoms with E-state index in [0.717, 1.165) is 25.1 Å². The molecular weight excluding hydrogens is 240 g/mol. The average Bonchev–Trinajstić information content (AvgIpc) is 2.89. The molecule has 4 heteroatoms. The zero-order valence-corrected chi connectivity index (χ0v) is 11.6. The largest absolute Gasteiger partial charge is 0.491 e. The maximum atomic E-state index is 9.81. The van der Waals surface area contributed by atoms with Crippen LogP contribution < -0.4 is 15.8 Å². The molecule has 0 saturated carbocycles. The van der Waals surface area contributed by atoms with Gasteiger partial charge in [0.25, 0.3) is 0 Å². The first kappa shape index (κ1) is 14.3. The van der Waals surface area contributed by atoms with Crippen molar-refractivity contribution >= 4 is 0 Å². The molecule has 1 aromatic rings. The van der Waals surface area contributed by atoms with Crippen molar-refractivity contribution < 1.29 is 9.84 Å². The highest BCUT2D eigenvalue weighted by atomic mass is 16.5. The van der Waals surface area contributed by atoms with Crippen LogP contribution in [0.3, 0.4) is 0 Å². The van der Waals surface area contributed by atoms with Gasteiger partial charge in [-0.25, -0.2) is 0 Å². The van der Waals surface area contributed by atoms with Crippen molar-refractivity contribution in [1.82, 2.24) is 5.32 Å². The van der Waals surface area contributed by atoms with Gasteiger partial charge in [0.2, 0.25) is 0 Å². The van der Waals surface area contributed by atoms with Crippen LogP contribution in [0.4, 0.5) is 0 Å². The first-order valence-electron chi connectivity index (χ1n) is 7.05. The molecule has 0 fully saturated rings. The number of aliphatic hydroxyl groups excluding tert-OH is 1. The smallest absolute Gasteiger partial charge is 0.122 e. The van der Waals surface area contributed by atoms with Gasteiger partial charge in [-0.3, -0.25) is 0 Å². The van der Waals surface area contributed by atoms with E-state index >= 15 is 0 Å². The van der Waals surface area contributed by atoms with Gasteiger partial charge in [0.15, 0.2) is 0 Å². The Bertz CT molecular complexity index is 421. The highest BCUT2D eigenvalue weighted by molar-refractivity contribution is 5.47. The van der Waals surface area contributed by atoms with Crippen molar-refractivity contribution in [2.24, 2.45) is 5.73 Å². The Kier molecular flexibility index (Phi) is 5.19. The summed E-state index contributed by atoms with van der Waals surface area (Å²) < 4.78 is 5.78. The first-order valence-corrected chi connectivity index (χ1v) is 7.05. The maximum absolute atomic E-state index is 9.81. The molecule has 0 aliphatic heterocycles. The lowest BCUT2D eigenvalue weighted by molar-refractivity contribution is 0.106. The molecule has 1 aliphatic carbocycles. The molecule has 1 unspecified atom stereocenters. The van der Waals surface area contributed by atoms with Crippen LogP contribution in [0.25, 0.3) is 0 Å². The molecule has 0 spiro atoms. The van der Waals surface area contributed by atoms with Gasteiger partial charge in [-0.15, -0.1) is 0 Å². The van der Waals surface area contributed by atoms with Crippen LogP contribution >= 0.6 is 0 Å². The summed E-state index contributed by atoms with van der Waals surface area (Å²) in [6.45, 7) is 4.30. The highest BCUT2D eigenvalue weighted by Gasteiger charge is 2.18. The molecule has 0 saturated heterocycles. The summed E-state index contributed by atoms with van der Waals surface area (Å²) >= 11 is 0. The molecule has 1 aromatic carbocycles. The predicted octanol–water partition coefficient (Wildman–Crippen LogP) is 0.772. The molecule has 2 rings (SSSR count). The Morgan fingerprint density at radius 3 is 2.95 bits per heavy atom. The minimum absolute atomic E-state index is 0.326. The van der Waals surface area contributed by atoms with E-state index in [1.54, 1.807) is 0 Å². The molecule has 0 aromatic heterocycles. The Hall–Kier alpha value is -1.10. The number of nitrogens with two attached hydrogens (primary N) is 1. The van der Waals surface area contributed by atoms with Gasteiger partial charge in [0, 0.05) is 19.6 Å². The van der Waals surface area contributed by atoms with Crippen molar-refractivity contribution in [2.75, 3.05) is 26.2 Å². The van der Waals surface area contributed by atoms with Crippen LogP contribution in [0.5, 0.6) is 5.75 Å². The Morgan fingerprint density at radius 1 is 1.37 bits per heavy atom. The summed E-state index contributed by atoms with van der Waals surface area (Å²) in [4.78, 5) is 0. The Morgan fingerprint density at radius 2 is 2.16 bits per heavy atom. The third kappa shape index (κ3) is 3.69. The van der Waals surface area contributed by atoms with Crippen molar-refractivity contribution in [3.8, 4) is 5.75 Å². The second-order valence-corrected chi connectivity index (χ2v) is 5.15. The lowest BCUT2D eigenvalue weighted by Gasteiger charge is -2.16. The van der Waals surface area contributed by atoms with E-state index in [1.165, 1.54) is 23.1 Å². The number of ether oxygens (including phenoxy) is 1. The van der Waals surface area contributed by atoms with Gasteiger partial charge in [0.05, 0.1) is 0 Å². The van der Waals surface area contributed by atoms with Crippen LogP contribution in [-0.2, 0) is 12.8 Å². The zero-order chi connectivity index (χ0) is 13.7. The van der Waals surface area contributed by atoms with E-state index in [9.17, 15) is 5.11 Å². The number of nitrogens with one attached hydrogen (secondary N) is 1. The van der Waals surface area contributed by atoms with Gasteiger partial charge < -0.3 is 20.9 Å². The van der Waals surface area contributed by atoms with Gasteiger partial charge in [-0.1, -0.05) is 6.07 Å². The van der Waals surface area contributed by atoms with E-state index in [4.69, 9.17) is 10.5 Å². The molecular formula is C15H24N2O2. The van der Waals surface area contributed by atoms with Crippen LogP contribution in [0.15, 0.2) is 12.1 Å². The number of aryl methyl sites for hydroxylation is 1. The third-order valence-electron chi connectivity index (χ3n) is 3.61. The van der Waals surface area contributed by atoms with Crippen molar-refractivity contribution in [3.05, 3.63) is 28.8 Å². The standard InChI is InChI=1S/C15H24N2O2/c1-11-5-6-15(14-4-2-3-13(11)14)19-10-12(18)9-17-8-7-16/h5-6,12,17-18H,2-4,7-10,16H2,1H3. The monoisotopic (exact) mass is 264 g/mol. The van der Waals surface area contributed by atoms with Crippen molar-refractivity contribution in [2.45, 2.75) is 32.3 Å². The quantitative estimate of drug-likeness (QED) is 0.636. The molecule has 0 heterocycles. The average molecular weight is 264 g/mol. The zero-order valence-electron chi connectivity index (χ0n) is 11.6. The first-order chi connectivity index (χ1) is 9.22. The second kappa shape index (κ2) is 6.89. The number of rotatable bonds is 7. The lowest BCUT2D eigenvalue weighted by atomic mass is 10.0. The number of hydrogen-bond acceptors (Lipinski definition) is 4. The van der Waals surface area contributed by atoms with E-state index in [1.807, 2.05) is 6.07 Å².